The molecule has 1 heterocycles. The van der Waals surface area contributed by atoms with Gasteiger partial charge in [0, 0.05) is 22.3 Å². The number of benzene rings is 2. The van der Waals surface area contributed by atoms with Crippen LogP contribution in [0.2, 0.25) is 10.0 Å². The maximum atomic E-state index is 11.9. The number of aromatic nitrogens is 2. The minimum atomic E-state index is -0.394. The van der Waals surface area contributed by atoms with Gasteiger partial charge < -0.3 is 15.8 Å². The van der Waals surface area contributed by atoms with Crippen LogP contribution < -0.4 is 11.1 Å². The molecule has 3 N–H and O–H groups in total. The molecule has 0 saturated heterocycles. The van der Waals surface area contributed by atoms with Crippen molar-refractivity contribution in [2.45, 2.75) is 6.92 Å². The first-order valence-electron chi connectivity index (χ1n) is 8.10. The number of hydrogen-bond acceptors (Lipinski definition) is 6. The lowest BCUT2D eigenvalue weighted by molar-refractivity contribution is 0.0526. The van der Waals surface area contributed by atoms with Gasteiger partial charge >= 0.3 is 5.97 Å². The van der Waals surface area contributed by atoms with Crippen molar-refractivity contribution >= 4 is 46.6 Å². The average molecular weight is 403 g/mol. The molecule has 8 heteroatoms. The molecule has 0 amide bonds. The van der Waals surface area contributed by atoms with Crippen LogP contribution in [0.15, 0.2) is 48.5 Å². The Balaban J connectivity index is 1.93. The normalized spacial score (nSPS) is 10.5. The smallest absolute Gasteiger partial charge is 0.338 e. The molecule has 0 aliphatic heterocycles. The van der Waals surface area contributed by atoms with Crippen LogP contribution in [0, 0.1) is 0 Å². The molecule has 138 valence electrons. The molecule has 0 atom stereocenters. The summed E-state index contributed by atoms with van der Waals surface area (Å²) < 4.78 is 5.01. The molecule has 3 rings (SSSR count). The summed E-state index contributed by atoms with van der Waals surface area (Å²) >= 11 is 12.3. The highest BCUT2D eigenvalue weighted by Crippen LogP contribution is 2.31. The third-order valence-electron chi connectivity index (χ3n) is 3.59. The molecule has 0 aliphatic rings. The molecule has 0 radical (unpaired) electrons. The number of halogens is 2. The summed E-state index contributed by atoms with van der Waals surface area (Å²) in [6.45, 7) is 2.06. The lowest BCUT2D eigenvalue weighted by atomic mass is 10.1. The minimum Gasteiger partial charge on any atom is -0.462 e. The lowest BCUT2D eigenvalue weighted by Crippen LogP contribution is -2.05. The van der Waals surface area contributed by atoms with Crippen LogP contribution in [-0.2, 0) is 4.74 Å². The molecule has 0 aliphatic carbocycles. The van der Waals surface area contributed by atoms with E-state index in [1.54, 1.807) is 55.5 Å². The Kier molecular flexibility index (Phi) is 5.78. The first-order valence-corrected chi connectivity index (χ1v) is 8.86. The number of esters is 1. The zero-order valence-corrected chi connectivity index (χ0v) is 15.9. The molecule has 0 spiro atoms. The van der Waals surface area contributed by atoms with E-state index in [9.17, 15) is 4.79 Å². The summed E-state index contributed by atoms with van der Waals surface area (Å²) in [5.74, 6) is 0.136. The number of nitrogens with one attached hydrogen (secondary N) is 1. The molecule has 0 unspecified atom stereocenters. The summed E-state index contributed by atoms with van der Waals surface area (Å²) in [7, 11) is 0. The Labute approximate surface area is 166 Å². The van der Waals surface area contributed by atoms with E-state index in [2.05, 4.69) is 15.3 Å². The maximum absolute atomic E-state index is 11.9. The molecular weight excluding hydrogens is 387 g/mol. The van der Waals surface area contributed by atoms with E-state index in [1.807, 2.05) is 0 Å². The quantitative estimate of drug-likeness (QED) is 0.586. The average Bonchev–Trinajstić information content (AvgIpc) is 2.63. The summed E-state index contributed by atoms with van der Waals surface area (Å²) in [5, 5.41) is 4.14. The van der Waals surface area contributed by atoms with Crippen LogP contribution in [0.3, 0.4) is 0 Å². The van der Waals surface area contributed by atoms with Crippen molar-refractivity contribution < 1.29 is 9.53 Å². The number of ether oxygens (including phenoxy) is 1. The fourth-order valence-corrected chi connectivity index (χ4v) is 2.83. The Bertz CT molecular complexity index is 995. The first-order chi connectivity index (χ1) is 13.0. The van der Waals surface area contributed by atoms with Crippen LogP contribution in [0.1, 0.15) is 17.3 Å². The van der Waals surface area contributed by atoms with Gasteiger partial charge in [0.1, 0.15) is 5.82 Å². The van der Waals surface area contributed by atoms with Crippen LogP contribution in [0.5, 0.6) is 0 Å². The maximum Gasteiger partial charge on any atom is 0.338 e. The Morgan fingerprint density at radius 2 is 1.96 bits per heavy atom. The number of nitrogens with zero attached hydrogens (tertiary/aromatic N) is 2. The van der Waals surface area contributed by atoms with Crippen molar-refractivity contribution in [2.24, 2.45) is 0 Å². The highest BCUT2D eigenvalue weighted by molar-refractivity contribution is 6.35. The van der Waals surface area contributed by atoms with Gasteiger partial charge in [0.15, 0.2) is 0 Å². The van der Waals surface area contributed by atoms with Crippen LogP contribution in [0.25, 0.3) is 11.3 Å². The van der Waals surface area contributed by atoms with Crippen molar-refractivity contribution in [1.82, 2.24) is 9.97 Å². The van der Waals surface area contributed by atoms with Gasteiger partial charge in [-0.3, -0.25) is 0 Å². The molecule has 1 aromatic heterocycles. The number of rotatable bonds is 5. The van der Waals surface area contributed by atoms with E-state index >= 15 is 0 Å². The lowest BCUT2D eigenvalue weighted by Gasteiger charge is -2.11. The van der Waals surface area contributed by atoms with E-state index in [-0.39, 0.29) is 5.95 Å². The van der Waals surface area contributed by atoms with Crippen molar-refractivity contribution in [1.29, 1.82) is 0 Å². The highest BCUT2D eigenvalue weighted by Gasteiger charge is 2.11. The zero-order chi connectivity index (χ0) is 19.4. The third-order valence-corrected chi connectivity index (χ3v) is 4.16. The van der Waals surface area contributed by atoms with Crippen LogP contribution >= 0.6 is 23.2 Å². The Hall–Kier alpha value is -2.83. The van der Waals surface area contributed by atoms with Gasteiger partial charge in [0.05, 0.1) is 22.9 Å². The van der Waals surface area contributed by atoms with Gasteiger partial charge in [-0.1, -0.05) is 29.3 Å². The van der Waals surface area contributed by atoms with E-state index in [1.165, 1.54) is 0 Å². The fraction of sp³-hybridized carbons (Fsp3) is 0.105. The van der Waals surface area contributed by atoms with E-state index in [0.29, 0.717) is 45.0 Å². The topological polar surface area (TPSA) is 90.1 Å². The predicted octanol–water partition coefficient (Wildman–Crippen LogP) is 4.95. The summed E-state index contributed by atoms with van der Waals surface area (Å²) in [4.78, 5) is 20.3. The van der Waals surface area contributed by atoms with E-state index in [4.69, 9.17) is 33.7 Å². The number of carbonyl (C=O) groups excluding carboxylic acids is 1. The molecule has 27 heavy (non-hydrogen) atoms. The number of nitrogens with two attached hydrogens (primary N) is 1. The van der Waals surface area contributed by atoms with Crippen LogP contribution in [-0.4, -0.2) is 22.5 Å². The molecule has 0 saturated carbocycles. The summed E-state index contributed by atoms with van der Waals surface area (Å²) in [5.41, 5.74) is 8.10. The van der Waals surface area contributed by atoms with Crippen molar-refractivity contribution in [3.63, 3.8) is 0 Å². The fourth-order valence-electron chi connectivity index (χ4n) is 2.45. The van der Waals surface area contributed by atoms with Gasteiger partial charge in [-0.25, -0.2) is 9.78 Å². The predicted molar refractivity (Wildman–Crippen MR) is 108 cm³/mol. The Morgan fingerprint density at radius 3 is 2.74 bits per heavy atom. The minimum absolute atomic E-state index is 0.0765. The molecular formula is C19H16Cl2N4O2. The highest BCUT2D eigenvalue weighted by atomic mass is 35.5. The number of anilines is 3. The summed E-state index contributed by atoms with van der Waals surface area (Å²) in [6, 6.07) is 13.7. The molecule has 0 fully saturated rings. The van der Waals surface area contributed by atoms with Crippen molar-refractivity contribution in [3.8, 4) is 11.3 Å². The largest absolute Gasteiger partial charge is 0.462 e. The standard InChI is InChI=1S/C19H16Cl2N4O2/c1-2-27-18(26)11-4-3-5-13(8-11)23-17-10-16(24-19(22)25-17)14-9-12(20)6-7-15(14)21/h3-10H,2H2,1H3,(H3,22,23,24,25). The van der Waals surface area contributed by atoms with E-state index in [0.717, 1.165) is 0 Å². The van der Waals surface area contributed by atoms with Crippen molar-refractivity contribution in [3.05, 3.63) is 64.1 Å². The monoisotopic (exact) mass is 402 g/mol. The second-order valence-electron chi connectivity index (χ2n) is 5.55. The van der Waals surface area contributed by atoms with Gasteiger partial charge in [-0.05, 0) is 43.3 Å². The number of carbonyl (C=O) groups is 1. The number of hydrogen-bond donors (Lipinski definition) is 2. The molecule has 6 nitrogen and oxygen atoms in total. The third kappa shape index (κ3) is 4.67. The first kappa shape index (κ1) is 18.9. The van der Waals surface area contributed by atoms with Gasteiger partial charge in [-0.15, -0.1) is 0 Å². The second-order valence-corrected chi connectivity index (χ2v) is 6.39. The van der Waals surface area contributed by atoms with Crippen molar-refractivity contribution in [2.75, 3.05) is 17.7 Å². The second kappa shape index (κ2) is 8.24. The molecule has 3 aromatic rings. The number of nitrogen functional groups attached to an aromatic ring is 1. The van der Waals surface area contributed by atoms with Gasteiger partial charge in [-0.2, -0.15) is 4.98 Å². The SMILES string of the molecule is CCOC(=O)c1cccc(Nc2cc(-c3cc(Cl)ccc3Cl)nc(N)n2)c1. The molecule has 2 aromatic carbocycles. The molecule has 0 bridgehead atoms. The van der Waals surface area contributed by atoms with Gasteiger partial charge in [0.2, 0.25) is 5.95 Å². The van der Waals surface area contributed by atoms with E-state index < -0.39 is 5.97 Å². The van der Waals surface area contributed by atoms with Crippen LogP contribution in [0.4, 0.5) is 17.5 Å². The Morgan fingerprint density at radius 1 is 1.15 bits per heavy atom. The summed E-state index contributed by atoms with van der Waals surface area (Å²) in [6.07, 6.45) is 0. The zero-order valence-electron chi connectivity index (χ0n) is 14.4. The van der Waals surface area contributed by atoms with Gasteiger partial charge in [0.25, 0.3) is 0 Å².